The van der Waals surface area contributed by atoms with Gasteiger partial charge in [0, 0.05) is 32.6 Å². The summed E-state index contributed by atoms with van der Waals surface area (Å²) in [7, 11) is 0. The number of nitriles is 1. The molecule has 0 atom stereocenters. The van der Waals surface area contributed by atoms with Gasteiger partial charge in [-0.3, -0.25) is 14.9 Å². The van der Waals surface area contributed by atoms with E-state index in [2.05, 4.69) is 27.1 Å². The number of halogens is 2. The normalized spacial score (nSPS) is 13.9. The number of fused-ring (bicyclic) bond motifs is 1. The van der Waals surface area contributed by atoms with Gasteiger partial charge < -0.3 is 4.74 Å². The second-order valence-electron chi connectivity index (χ2n) is 9.49. The molecule has 9 nitrogen and oxygen atoms in total. The number of hydrogen-bond donors (Lipinski definition) is 0. The molecule has 0 N–H and O–H groups in total. The number of aromatic nitrogens is 2. The lowest BCUT2D eigenvalue weighted by Crippen LogP contribution is -2.25. The van der Waals surface area contributed by atoms with E-state index < -0.39 is 4.92 Å². The molecule has 40 heavy (non-hydrogen) atoms. The minimum atomic E-state index is -0.594. The Morgan fingerprint density at radius 2 is 1.98 bits per heavy atom. The molecule has 1 aromatic heterocycles. The highest BCUT2D eigenvalue weighted by Gasteiger charge is 2.24. The molecule has 0 spiro atoms. The van der Waals surface area contributed by atoms with Crippen molar-refractivity contribution in [3.8, 4) is 11.8 Å². The lowest BCUT2D eigenvalue weighted by atomic mass is 9.88. The number of nitro benzene ring substituents is 1. The zero-order valence-corrected chi connectivity index (χ0v) is 23.6. The molecule has 5 rings (SSSR count). The van der Waals surface area contributed by atoms with Crippen LogP contribution in [0.4, 0.5) is 5.69 Å². The fourth-order valence-electron chi connectivity index (χ4n) is 4.92. The molecule has 0 bridgehead atoms. The fourth-order valence-corrected chi connectivity index (χ4v) is 5.50. The summed E-state index contributed by atoms with van der Waals surface area (Å²) in [4.78, 5) is 29.8. The van der Waals surface area contributed by atoms with Crippen molar-refractivity contribution in [3.63, 3.8) is 0 Å². The number of ether oxygens (including phenoxy) is 1. The Labute approximate surface area is 243 Å². The maximum Gasteiger partial charge on any atom is 0.313 e. The summed E-state index contributed by atoms with van der Waals surface area (Å²) in [6, 6.07) is 16.9. The standard InChI is InChI=1S/C29H23BrClN5O4/c30-22-10-11-25-24(13-22)29(37)35(28(34-25)18-6-2-1-3-7-18)33-16-21-12-23(31)14-26(36(38)39)27(21)40-17-20-9-5-4-8-19(20)15-32/h4-5,8-14,16,18H,1-3,6-7,17H2. The second-order valence-corrected chi connectivity index (χ2v) is 10.8. The SMILES string of the molecule is N#Cc1ccccc1COc1c(C=Nn2c(C3CCCCC3)nc3ccc(Br)cc3c2=O)cc(Cl)cc1[N+](=O)[O-]. The van der Waals surface area contributed by atoms with Gasteiger partial charge in [0.1, 0.15) is 12.4 Å². The topological polar surface area (TPSA) is 123 Å². The average Bonchev–Trinajstić information content (AvgIpc) is 2.96. The minimum Gasteiger partial charge on any atom is -0.481 e. The zero-order valence-electron chi connectivity index (χ0n) is 21.2. The molecule has 3 aromatic carbocycles. The largest absolute Gasteiger partial charge is 0.481 e. The molecule has 0 amide bonds. The van der Waals surface area contributed by atoms with Crippen molar-refractivity contribution in [2.75, 3.05) is 0 Å². The van der Waals surface area contributed by atoms with Crippen LogP contribution in [0.15, 0.2) is 69.0 Å². The predicted molar refractivity (Wildman–Crippen MR) is 156 cm³/mol. The van der Waals surface area contributed by atoms with Crippen molar-refractivity contribution in [3.05, 3.63) is 107 Å². The van der Waals surface area contributed by atoms with Gasteiger partial charge in [0.25, 0.3) is 5.56 Å². The first-order chi connectivity index (χ1) is 19.4. The van der Waals surface area contributed by atoms with E-state index in [0.717, 1.165) is 36.6 Å². The van der Waals surface area contributed by atoms with E-state index in [4.69, 9.17) is 21.3 Å². The van der Waals surface area contributed by atoms with Crippen LogP contribution in [0.5, 0.6) is 5.75 Å². The number of nitro groups is 1. The average molecular weight is 621 g/mol. The summed E-state index contributed by atoms with van der Waals surface area (Å²) >= 11 is 9.66. The first kappa shape index (κ1) is 27.5. The summed E-state index contributed by atoms with van der Waals surface area (Å²) in [5.41, 5.74) is 1.06. The third-order valence-corrected chi connectivity index (χ3v) is 7.60. The van der Waals surface area contributed by atoms with Gasteiger partial charge in [0.05, 0.1) is 33.7 Å². The summed E-state index contributed by atoms with van der Waals surface area (Å²) in [5, 5.41) is 26.4. The van der Waals surface area contributed by atoms with E-state index in [0.29, 0.717) is 27.9 Å². The first-order valence-electron chi connectivity index (χ1n) is 12.7. The van der Waals surface area contributed by atoms with E-state index >= 15 is 0 Å². The van der Waals surface area contributed by atoms with Crippen LogP contribution in [0.25, 0.3) is 10.9 Å². The molecule has 4 aromatic rings. The number of nitrogens with zero attached hydrogens (tertiary/aromatic N) is 5. The molecule has 0 aliphatic heterocycles. The van der Waals surface area contributed by atoms with Crippen molar-refractivity contribution in [1.82, 2.24) is 9.66 Å². The Kier molecular flexibility index (Phi) is 8.24. The van der Waals surface area contributed by atoms with E-state index in [1.54, 1.807) is 36.4 Å². The molecule has 0 unspecified atom stereocenters. The summed E-state index contributed by atoms with van der Waals surface area (Å²) in [6.07, 6.45) is 6.31. The van der Waals surface area contributed by atoms with E-state index in [1.165, 1.54) is 23.0 Å². The number of rotatable bonds is 7. The van der Waals surface area contributed by atoms with Crippen LogP contribution in [0, 0.1) is 21.4 Å². The molecule has 1 saturated carbocycles. The van der Waals surface area contributed by atoms with Crippen LogP contribution >= 0.6 is 27.5 Å². The van der Waals surface area contributed by atoms with Crippen LogP contribution in [0.2, 0.25) is 5.02 Å². The van der Waals surface area contributed by atoms with E-state index in [1.807, 2.05) is 6.07 Å². The monoisotopic (exact) mass is 619 g/mol. The molecule has 1 aliphatic carbocycles. The van der Waals surface area contributed by atoms with Crippen LogP contribution in [0.3, 0.4) is 0 Å². The Hall–Kier alpha value is -4.07. The first-order valence-corrected chi connectivity index (χ1v) is 13.9. The molecule has 1 fully saturated rings. The molecule has 1 aliphatic rings. The zero-order chi connectivity index (χ0) is 28.2. The van der Waals surface area contributed by atoms with Crippen molar-refractivity contribution < 1.29 is 9.66 Å². The predicted octanol–water partition coefficient (Wildman–Crippen LogP) is 7.10. The highest BCUT2D eigenvalue weighted by molar-refractivity contribution is 9.10. The quantitative estimate of drug-likeness (QED) is 0.123. The minimum absolute atomic E-state index is 0.0542. The van der Waals surface area contributed by atoms with Crippen molar-refractivity contribution >= 4 is 50.3 Å². The molecule has 202 valence electrons. The Balaban J connectivity index is 1.62. The van der Waals surface area contributed by atoms with Gasteiger partial charge in [-0.05, 0) is 43.2 Å². The van der Waals surface area contributed by atoms with Gasteiger partial charge in [0.2, 0.25) is 5.75 Å². The molecule has 0 radical (unpaired) electrons. The lowest BCUT2D eigenvalue weighted by Gasteiger charge is -2.22. The Morgan fingerprint density at radius 1 is 1.20 bits per heavy atom. The van der Waals surface area contributed by atoms with Crippen LogP contribution in [-0.4, -0.2) is 20.8 Å². The van der Waals surface area contributed by atoms with Crippen LogP contribution < -0.4 is 10.3 Å². The highest BCUT2D eigenvalue weighted by Crippen LogP contribution is 2.35. The summed E-state index contributed by atoms with van der Waals surface area (Å²) in [6.45, 7) is -0.0914. The summed E-state index contributed by atoms with van der Waals surface area (Å²) < 4.78 is 7.93. The lowest BCUT2D eigenvalue weighted by molar-refractivity contribution is -0.385. The number of hydrogen-bond acceptors (Lipinski definition) is 7. The van der Waals surface area contributed by atoms with Crippen molar-refractivity contribution in [1.29, 1.82) is 5.26 Å². The Morgan fingerprint density at radius 3 is 2.73 bits per heavy atom. The van der Waals surface area contributed by atoms with Gasteiger partial charge in [0.15, 0.2) is 0 Å². The van der Waals surface area contributed by atoms with Crippen molar-refractivity contribution in [2.45, 2.75) is 44.6 Å². The van der Waals surface area contributed by atoms with E-state index in [9.17, 15) is 20.2 Å². The Bertz CT molecular complexity index is 1740. The smallest absolute Gasteiger partial charge is 0.313 e. The number of benzene rings is 3. The van der Waals surface area contributed by atoms with Gasteiger partial charge >= 0.3 is 5.69 Å². The molecule has 11 heteroatoms. The van der Waals surface area contributed by atoms with Crippen molar-refractivity contribution in [2.24, 2.45) is 5.10 Å². The second kappa shape index (κ2) is 12.0. The van der Waals surface area contributed by atoms with Gasteiger partial charge in [-0.1, -0.05) is 65.0 Å². The highest BCUT2D eigenvalue weighted by atomic mass is 79.9. The molecule has 1 heterocycles. The van der Waals surface area contributed by atoms with Crippen LogP contribution in [-0.2, 0) is 6.61 Å². The van der Waals surface area contributed by atoms with E-state index in [-0.39, 0.29) is 40.1 Å². The van der Waals surface area contributed by atoms with Crippen LogP contribution in [0.1, 0.15) is 60.5 Å². The maximum absolute atomic E-state index is 13.7. The van der Waals surface area contributed by atoms with Gasteiger partial charge in [-0.15, -0.1) is 0 Å². The third-order valence-electron chi connectivity index (χ3n) is 6.89. The third kappa shape index (κ3) is 5.76. The fraction of sp³-hybridized carbons (Fsp3) is 0.241. The molecule has 0 saturated heterocycles. The van der Waals surface area contributed by atoms with Gasteiger partial charge in [-0.25, -0.2) is 4.98 Å². The maximum atomic E-state index is 13.7. The molecular formula is C29H23BrClN5O4. The summed E-state index contributed by atoms with van der Waals surface area (Å²) in [5.74, 6) is 0.533. The van der Waals surface area contributed by atoms with Gasteiger partial charge in [-0.2, -0.15) is 15.0 Å². The molecular weight excluding hydrogens is 598 g/mol.